The fourth-order valence-electron chi connectivity index (χ4n) is 2.72. The van der Waals surface area contributed by atoms with Crippen molar-refractivity contribution in [2.24, 2.45) is 5.41 Å². The van der Waals surface area contributed by atoms with Crippen LogP contribution in [0.2, 0.25) is 0 Å². The van der Waals surface area contributed by atoms with Gasteiger partial charge < -0.3 is 9.47 Å². The molecule has 1 saturated carbocycles. The van der Waals surface area contributed by atoms with Gasteiger partial charge in [-0.25, -0.2) is 0 Å². The lowest BCUT2D eigenvalue weighted by atomic mass is 9.86. The van der Waals surface area contributed by atoms with E-state index in [1.54, 1.807) is 0 Å². The summed E-state index contributed by atoms with van der Waals surface area (Å²) in [5, 5.41) is 0. The molecular formula is C11H18O3. The Labute approximate surface area is 84.8 Å². The second-order valence-corrected chi connectivity index (χ2v) is 4.75. The Morgan fingerprint density at radius 2 is 2.07 bits per heavy atom. The summed E-state index contributed by atoms with van der Waals surface area (Å²) in [5.74, 6) is -0.189. The van der Waals surface area contributed by atoms with Crippen LogP contribution in [0.1, 0.15) is 40.0 Å². The average molecular weight is 198 g/mol. The monoisotopic (exact) mass is 198 g/mol. The Kier molecular flexibility index (Phi) is 2.30. The molecule has 0 aromatic heterocycles. The number of hydrogen-bond donors (Lipinski definition) is 0. The molecule has 1 aliphatic heterocycles. The van der Waals surface area contributed by atoms with Crippen LogP contribution in [0.3, 0.4) is 0 Å². The summed E-state index contributed by atoms with van der Waals surface area (Å²) in [6.45, 7) is 5.57. The van der Waals surface area contributed by atoms with E-state index in [1.165, 1.54) is 19.8 Å². The number of hydrogen-bond acceptors (Lipinski definition) is 3. The molecule has 0 aromatic carbocycles. The molecule has 0 bridgehead atoms. The largest absolute Gasteiger partial charge is 0.459 e. The summed E-state index contributed by atoms with van der Waals surface area (Å²) in [6, 6.07) is 0. The van der Waals surface area contributed by atoms with E-state index in [0.29, 0.717) is 6.10 Å². The fraction of sp³-hybridized carbons (Fsp3) is 0.909. The molecule has 1 aliphatic carbocycles. The number of carbonyl (C=O) groups excluding carboxylic acids is 1. The van der Waals surface area contributed by atoms with Gasteiger partial charge in [-0.2, -0.15) is 0 Å². The molecule has 80 valence electrons. The smallest absolute Gasteiger partial charge is 0.303 e. The molecule has 1 heterocycles. The number of rotatable bonds is 1. The molecule has 0 aromatic rings. The first-order valence-electron chi connectivity index (χ1n) is 5.36. The van der Waals surface area contributed by atoms with Crippen LogP contribution in [0.4, 0.5) is 0 Å². The van der Waals surface area contributed by atoms with Gasteiger partial charge in [-0.05, 0) is 33.1 Å². The molecule has 3 nitrogen and oxygen atoms in total. The summed E-state index contributed by atoms with van der Waals surface area (Å²) >= 11 is 0. The van der Waals surface area contributed by atoms with Crippen LogP contribution in [0.25, 0.3) is 0 Å². The van der Waals surface area contributed by atoms with E-state index in [-0.39, 0.29) is 23.6 Å². The van der Waals surface area contributed by atoms with Crippen LogP contribution in [0, 0.1) is 5.41 Å². The zero-order chi connectivity index (χ0) is 10.3. The van der Waals surface area contributed by atoms with Crippen molar-refractivity contribution in [1.82, 2.24) is 0 Å². The Morgan fingerprint density at radius 3 is 2.57 bits per heavy atom. The van der Waals surface area contributed by atoms with E-state index >= 15 is 0 Å². The lowest BCUT2D eigenvalue weighted by molar-refractivity contribution is -0.181. The van der Waals surface area contributed by atoms with Crippen molar-refractivity contribution in [1.29, 1.82) is 0 Å². The summed E-state index contributed by atoms with van der Waals surface area (Å²) < 4.78 is 11.1. The second kappa shape index (κ2) is 3.23. The molecule has 0 amide bonds. The second-order valence-electron chi connectivity index (χ2n) is 4.75. The van der Waals surface area contributed by atoms with Gasteiger partial charge >= 0.3 is 5.97 Å². The van der Waals surface area contributed by atoms with Crippen molar-refractivity contribution in [3.8, 4) is 0 Å². The third kappa shape index (κ3) is 1.65. The molecule has 1 saturated heterocycles. The van der Waals surface area contributed by atoms with Crippen LogP contribution >= 0.6 is 0 Å². The van der Waals surface area contributed by atoms with Gasteiger partial charge in [0.2, 0.25) is 0 Å². The van der Waals surface area contributed by atoms with E-state index in [9.17, 15) is 4.79 Å². The predicted octanol–water partition coefficient (Wildman–Crippen LogP) is 1.90. The highest BCUT2D eigenvalue weighted by Crippen LogP contribution is 2.57. The Hall–Kier alpha value is -0.570. The topological polar surface area (TPSA) is 35.5 Å². The Balaban J connectivity index is 2.09. The van der Waals surface area contributed by atoms with Gasteiger partial charge in [-0.1, -0.05) is 0 Å². The highest BCUT2D eigenvalue weighted by atomic mass is 16.6. The third-order valence-corrected chi connectivity index (χ3v) is 3.36. The van der Waals surface area contributed by atoms with Crippen molar-refractivity contribution >= 4 is 5.97 Å². The van der Waals surface area contributed by atoms with Crippen molar-refractivity contribution < 1.29 is 14.3 Å². The Morgan fingerprint density at radius 1 is 1.43 bits per heavy atom. The number of esters is 1. The predicted molar refractivity (Wildman–Crippen MR) is 51.8 cm³/mol. The normalized spacial score (nSPS) is 39.5. The van der Waals surface area contributed by atoms with Gasteiger partial charge in [0.15, 0.2) is 0 Å². The van der Waals surface area contributed by atoms with Crippen LogP contribution in [0.5, 0.6) is 0 Å². The van der Waals surface area contributed by atoms with Crippen LogP contribution in [-0.2, 0) is 14.3 Å². The molecule has 2 aliphatic rings. The minimum absolute atomic E-state index is 0.0174. The highest BCUT2D eigenvalue weighted by Gasteiger charge is 2.56. The van der Waals surface area contributed by atoms with Gasteiger partial charge in [0.05, 0.1) is 12.2 Å². The molecule has 1 unspecified atom stereocenters. The zero-order valence-electron chi connectivity index (χ0n) is 9.08. The number of carbonyl (C=O) groups is 1. The molecule has 3 heteroatoms. The maximum atomic E-state index is 11.0. The van der Waals surface area contributed by atoms with E-state index in [4.69, 9.17) is 9.47 Å². The molecule has 1 spiro atoms. The minimum Gasteiger partial charge on any atom is -0.459 e. The first kappa shape index (κ1) is 9.97. The zero-order valence-corrected chi connectivity index (χ0v) is 9.08. The summed E-state index contributed by atoms with van der Waals surface area (Å²) in [5.41, 5.74) is 0.253. The van der Waals surface area contributed by atoms with E-state index < -0.39 is 0 Å². The number of ether oxygens (including phenoxy) is 2. The van der Waals surface area contributed by atoms with Gasteiger partial charge in [-0.3, -0.25) is 4.79 Å². The summed E-state index contributed by atoms with van der Waals surface area (Å²) in [7, 11) is 0. The van der Waals surface area contributed by atoms with Gasteiger partial charge in [-0.15, -0.1) is 0 Å². The van der Waals surface area contributed by atoms with Crippen molar-refractivity contribution in [2.75, 3.05) is 0 Å². The molecule has 0 radical (unpaired) electrons. The third-order valence-electron chi connectivity index (χ3n) is 3.36. The van der Waals surface area contributed by atoms with Crippen molar-refractivity contribution in [3.05, 3.63) is 0 Å². The van der Waals surface area contributed by atoms with Crippen LogP contribution < -0.4 is 0 Å². The van der Waals surface area contributed by atoms with Crippen LogP contribution in [0.15, 0.2) is 0 Å². The fourth-order valence-corrected chi connectivity index (χ4v) is 2.72. The van der Waals surface area contributed by atoms with Gasteiger partial charge in [0.1, 0.15) is 6.10 Å². The molecular weight excluding hydrogens is 180 g/mol. The lowest BCUT2D eigenvalue weighted by Crippen LogP contribution is -2.46. The lowest BCUT2D eigenvalue weighted by Gasteiger charge is -2.39. The van der Waals surface area contributed by atoms with Crippen molar-refractivity contribution in [3.63, 3.8) is 0 Å². The molecule has 0 N–H and O–H groups in total. The molecule has 3 atom stereocenters. The SMILES string of the molecule is CC(=O)O[C@H]1C(C)O[C@H](C)CC12CC2. The maximum absolute atomic E-state index is 11.0. The standard InChI is InChI=1S/C11H18O3/c1-7-6-11(4-5-11)10(8(2)13-7)14-9(3)12/h7-8,10H,4-6H2,1-3H3/t7-,8?,10+/m1/s1. The van der Waals surface area contributed by atoms with E-state index in [2.05, 4.69) is 6.92 Å². The molecule has 2 fully saturated rings. The molecule has 14 heavy (non-hydrogen) atoms. The van der Waals surface area contributed by atoms with E-state index in [1.807, 2.05) is 6.92 Å². The van der Waals surface area contributed by atoms with Crippen molar-refractivity contribution in [2.45, 2.75) is 58.3 Å². The summed E-state index contributed by atoms with van der Waals surface area (Å²) in [4.78, 5) is 11.0. The van der Waals surface area contributed by atoms with Crippen LogP contribution in [-0.4, -0.2) is 24.3 Å². The maximum Gasteiger partial charge on any atom is 0.303 e. The van der Waals surface area contributed by atoms with Gasteiger partial charge in [0.25, 0.3) is 0 Å². The van der Waals surface area contributed by atoms with Gasteiger partial charge in [0, 0.05) is 12.3 Å². The Bertz CT molecular complexity index is 245. The average Bonchev–Trinajstić information content (AvgIpc) is 2.78. The molecule has 2 rings (SSSR count). The summed E-state index contributed by atoms with van der Waals surface area (Å²) in [6.07, 6.45) is 3.74. The first-order chi connectivity index (χ1) is 6.53. The van der Waals surface area contributed by atoms with E-state index in [0.717, 1.165) is 6.42 Å². The quantitative estimate of drug-likeness (QED) is 0.604. The first-order valence-corrected chi connectivity index (χ1v) is 5.36. The highest BCUT2D eigenvalue weighted by molar-refractivity contribution is 5.66. The minimum atomic E-state index is -0.189.